The smallest absolute Gasteiger partial charge is 0.0645 e. The molecule has 148 valence electrons. The van der Waals surface area contributed by atoms with E-state index in [9.17, 15) is 0 Å². The maximum absolute atomic E-state index is 8.67. The molecule has 3 heteroatoms. The van der Waals surface area contributed by atoms with Gasteiger partial charge in [-0.15, -0.1) is 0 Å². The number of hydrogen-bond acceptors (Lipinski definition) is 1. The van der Waals surface area contributed by atoms with E-state index in [0.29, 0.717) is 16.7 Å². The molecule has 0 aliphatic carbocycles. The third-order valence-corrected chi connectivity index (χ3v) is 5.56. The second-order valence-electron chi connectivity index (χ2n) is 7.04. The first-order valence-electron chi connectivity index (χ1n) is 14.1. The molecule has 0 radical (unpaired) electrons. The van der Waals surface area contributed by atoms with Crippen LogP contribution in [0.5, 0.6) is 0 Å². The van der Waals surface area contributed by atoms with E-state index in [-0.39, 0.29) is 40.6 Å². The molecule has 0 saturated carbocycles. The lowest BCUT2D eigenvalue weighted by atomic mass is 10.0. The van der Waals surface area contributed by atoms with Gasteiger partial charge in [-0.3, -0.25) is 0 Å². The van der Waals surface area contributed by atoms with E-state index in [1.807, 2.05) is 42.5 Å². The standard InChI is InChI=1S/C28H19ClN2/c29-24-12-6-7-13-25(24)30-20-15-16-23-27(18-20)31(21-9-2-1-3-10-21)26-17-14-19-8-4-5-11-22(19)28(23)26/h1-18,30H/i1D,2D,3D,6D,7D,9D,10D,12D,13D. The molecule has 0 amide bonds. The lowest BCUT2D eigenvalue weighted by Gasteiger charge is -2.11. The molecule has 2 nitrogen and oxygen atoms in total. The first-order valence-corrected chi connectivity index (χ1v) is 9.96. The number of anilines is 2. The Hall–Kier alpha value is -3.75. The summed E-state index contributed by atoms with van der Waals surface area (Å²) in [7, 11) is 0. The van der Waals surface area contributed by atoms with Crippen molar-refractivity contribution in [2.45, 2.75) is 0 Å². The van der Waals surface area contributed by atoms with Crippen molar-refractivity contribution in [3.8, 4) is 5.69 Å². The van der Waals surface area contributed by atoms with Gasteiger partial charge in [-0.25, -0.2) is 0 Å². The second-order valence-corrected chi connectivity index (χ2v) is 7.41. The van der Waals surface area contributed by atoms with Gasteiger partial charge in [-0.1, -0.05) is 78.2 Å². The van der Waals surface area contributed by atoms with Gasteiger partial charge in [0.05, 0.1) is 34.1 Å². The quantitative estimate of drug-likeness (QED) is 0.300. The Morgan fingerprint density at radius 2 is 1.55 bits per heavy atom. The fourth-order valence-corrected chi connectivity index (χ4v) is 4.13. The number of fused-ring (bicyclic) bond motifs is 5. The van der Waals surface area contributed by atoms with E-state index in [1.54, 1.807) is 16.7 Å². The maximum atomic E-state index is 8.67. The van der Waals surface area contributed by atoms with Crippen molar-refractivity contribution in [3.63, 3.8) is 0 Å². The lowest BCUT2D eigenvalue weighted by Crippen LogP contribution is -1.95. The van der Waals surface area contributed by atoms with Crippen molar-refractivity contribution in [3.05, 3.63) is 114 Å². The Balaban J connectivity index is 1.71. The number of halogens is 1. The van der Waals surface area contributed by atoms with Crippen LogP contribution in [-0.4, -0.2) is 4.57 Å². The summed E-state index contributed by atoms with van der Waals surface area (Å²) in [6, 6.07) is 13.2. The fraction of sp³-hybridized carbons (Fsp3) is 0. The molecule has 6 aromatic rings. The highest BCUT2D eigenvalue weighted by atomic mass is 35.5. The molecule has 0 spiro atoms. The zero-order chi connectivity index (χ0) is 28.6. The topological polar surface area (TPSA) is 17.0 Å². The summed E-state index contributed by atoms with van der Waals surface area (Å²) < 4.78 is 75.8. The fourth-order valence-electron chi connectivity index (χ4n) is 3.99. The van der Waals surface area contributed by atoms with Gasteiger partial charge >= 0.3 is 0 Å². The van der Waals surface area contributed by atoms with Gasteiger partial charge in [0.25, 0.3) is 0 Å². The zero-order valence-electron chi connectivity index (χ0n) is 25.0. The molecular formula is C28H19ClN2. The van der Waals surface area contributed by atoms with Crippen LogP contribution in [0.3, 0.4) is 0 Å². The SMILES string of the molecule is [2H]c1c([2H])c([2H])c(-n2c3cc(Nc4c([2H])c([2H])c([2H])c([2H])c4Cl)ccc3c3c4ccccc4ccc32)c([2H])c1[2H]. The molecule has 0 bridgehead atoms. The Morgan fingerprint density at radius 1 is 0.742 bits per heavy atom. The van der Waals surface area contributed by atoms with Crippen molar-refractivity contribution in [1.82, 2.24) is 4.57 Å². The predicted molar refractivity (Wildman–Crippen MR) is 133 cm³/mol. The molecule has 1 N–H and O–H groups in total. The highest BCUT2D eigenvalue weighted by molar-refractivity contribution is 6.33. The summed E-state index contributed by atoms with van der Waals surface area (Å²) in [5.41, 5.74) is 1.61. The normalized spacial score (nSPS) is 15.5. The monoisotopic (exact) mass is 427 g/mol. The van der Waals surface area contributed by atoms with Crippen molar-refractivity contribution in [2.75, 3.05) is 5.32 Å². The third-order valence-electron chi connectivity index (χ3n) is 5.28. The minimum atomic E-state index is -0.486. The number of benzene rings is 5. The van der Waals surface area contributed by atoms with Crippen LogP contribution in [0.2, 0.25) is 5.02 Å². The van der Waals surface area contributed by atoms with E-state index in [1.165, 1.54) is 0 Å². The number of rotatable bonds is 3. The maximum Gasteiger partial charge on any atom is 0.0645 e. The van der Waals surface area contributed by atoms with Gasteiger partial charge < -0.3 is 9.88 Å². The van der Waals surface area contributed by atoms with Gasteiger partial charge in [0.15, 0.2) is 0 Å². The summed E-state index contributed by atoms with van der Waals surface area (Å²) in [4.78, 5) is 0. The third kappa shape index (κ3) is 2.96. The van der Waals surface area contributed by atoms with Gasteiger partial charge in [0.1, 0.15) is 0 Å². The van der Waals surface area contributed by atoms with Crippen LogP contribution < -0.4 is 5.32 Å². The van der Waals surface area contributed by atoms with E-state index < -0.39 is 30.2 Å². The molecule has 0 fully saturated rings. The summed E-state index contributed by atoms with van der Waals surface area (Å²) in [5.74, 6) is 0. The molecule has 1 aromatic heterocycles. The van der Waals surface area contributed by atoms with Crippen LogP contribution in [0.25, 0.3) is 38.3 Å². The van der Waals surface area contributed by atoms with E-state index in [2.05, 4.69) is 5.32 Å². The van der Waals surface area contributed by atoms with Gasteiger partial charge in [-0.2, -0.15) is 0 Å². The molecular weight excluding hydrogens is 400 g/mol. The molecule has 1 heterocycles. The average molecular weight is 428 g/mol. The minimum Gasteiger partial charge on any atom is -0.354 e. The number of hydrogen-bond donors (Lipinski definition) is 1. The highest BCUT2D eigenvalue weighted by Crippen LogP contribution is 2.38. The van der Waals surface area contributed by atoms with Gasteiger partial charge in [-0.05, 0) is 53.1 Å². The van der Waals surface area contributed by atoms with E-state index in [4.69, 9.17) is 23.9 Å². The first kappa shape index (κ1) is 11.0. The Labute approximate surface area is 198 Å². The van der Waals surface area contributed by atoms with Crippen LogP contribution in [0.4, 0.5) is 11.4 Å². The van der Waals surface area contributed by atoms with E-state index >= 15 is 0 Å². The van der Waals surface area contributed by atoms with Crippen molar-refractivity contribution in [1.29, 1.82) is 0 Å². The van der Waals surface area contributed by atoms with Crippen LogP contribution in [0.1, 0.15) is 12.3 Å². The number of nitrogens with zero attached hydrogens (tertiary/aromatic N) is 1. The van der Waals surface area contributed by atoms with Crippen LogP contribution in [0, 0.1) is 0 Å². The first-order chi connectivity index (χ1) is 19.0. The molecule has 0 unspecified atom stereocenters. The number of aromatic nitrogens is 1. The van der Waals surface area contributed by atoms with Crippen LogP contribution in [0.15, 0.2) is 109 Å². The molecule has 0 atom stereocenters. The van der Waals surface area contributed by atoms with Gasteiger partial charge in [0.2, 0.25) is 0 Å². The Morgan fingerprint density at radius 3 is 2.45 bits per heavy atom. The lowest BCUT2D eigenvalue weighted by molar-refractivity contribution is 1.18. The van der Waals surface area contributed by atoms with E-state index in [0.717, 1.165) is 21.5 Å². The Kier molecular flexibility index (Phi) is 2.56. The summed E-state index contributed by atoms with van der Waals surface area (Å²) in [5, 5.41) is 6.36. The highest BCUT2D eigenvalue weighted by Gasteiger charge is 2.15. The molecule has 5 aromatic carbocycles. The average Bonchev–Trinajstić information content (AvgIpc) is 3.29. The van der Waals surface area contributed by atoms with Crippen LogP contribution in [-0.2, 0) is 0 Å². The molecule has 6 rings (SSSR count). The van der Waals surface area contributed by atoms with Gasteiger partial charge in [0, 0.05) is 22.1 Å². The summed E-state index contributed by atoms with van der Waals surface area (Å²) in [6.07, 6.45) is 0. The minimum absolute atomic E-state index is 0.00177. The summed E-state index contributed by atoms with van der Waals surface area (Å²) >= 11 is 6.30. The molecule has 0 saturated heterocycles. The van der Waals surface area contributed by atoms with Crippen LogP contribution >= 0.6 is 11.6 Å². The second kappa shape index (κ2) is 7.19. The van der Waals surface area contributed by atoms with Crippen molar-refractivity contribution < 1.29 is 12.3 Å². The number of para-hydroxylation sites is 2. The molecule has 0 aliphatic rings. The zero-order valence-corrected chi connectivity index (χ0v) is 16.8. The molecule has 31 heavy (non-hydrogen) atoms. The predicted octanol–water partition coefficient (Wildman–Crippen LogP) is 8.33. The largest absolute Gasteiger partial charge is 0.354 e. The summed E-state index contributed by atoms with van der Waals surface area (Å²) in [6.45, 7) is 0. The number of nitrogens with one attached hydrogen (secondary N) is 1. The van der Waals surface area contributed by atoms with Crippen molar-refractivity contribution in [2.24, 2.45) is 0 Å². The Bertz CT molecular complexity index is 1990. The molecule has 0 aliphatic heterocycles. The van der Waals surface area contributed by atoms with Crippen molar-refractivity contribution >= 4 is 55.6 Å².